The molecule has 4 nitrogen and oxygen atoms in total. The topological polar surface area (TPSA) is 49.4 Å². The van der Waals surface area contributed by atoms with Crippen LogP contribution in [0.25, 0.3) is 0 Å². The van der Waals surface area contributed by atoms with Crippen LogP contribution in [0.2, 0.25) is 0 Å². The number of nitrogens with zero attached hydrogens (tertiary/aromatic N) is 1. The summed E-state index contributed by atoms with van der Waals surface area (Å²) in [4.78, 5) is 25.1. The van der Waals surface area contributed by atoms with Gasteiger partial charge in [0.05, 0.1) is 6.54 Å². The van der Waals surface area contributed by atoms with Crippen LogP contribution in [0.4, 0.5) is 4.79 Å². The third-order valence-corrected chi connectivity index (χ3v) is 3.11. The molecule has 0 aliphatic carbocycles. The van der Waals surface area contributed by atoms with Gasteiger partial charge in [-0.2, -0.15) is 0 Å². The van der Waals surface area contributed by atoms with Gasteiger partial charge in [0.25, 0.3) is 5.91 Å². The van der Waals surface area contributed by atoms with Gasteiger partial charge < -0.3 is 5.32 Å². The second-order valence-electron chi connectivity index (χ2n) is 4.70. The highest BCUT2D eigenvalue weighted by Gasteiger charge is 2.36. The van der Waals surface area contributed by atoms with Crippen LogP contribution >= 0.6 is 0 Å². The lowest BCUT2D eigenvalue weighted by Crippen LogP contribution is -2.30. The first-order valence-corrected chi connectivity index (χ1v) is 6.29. The number of urea groups is 1. The van der Waals surface area contributed by atoms with Gasteiger partial charge in [-0.15, -0.1) is 0 Å². The molecule has 1 heterocycles. The van der Waals surface area contributed by atoms with E-state index < -0.39 is 0 Å². The van der Waals surface area contributed by atoms with Gasteiger partial charge in [-0.25, -0.2) is 4.79 Å². The van der Waals surface area contributed by atoms with E-state index in [2.05, 4.69) is 5.32 Å². The van der Waals surface area contributed by atoms with Gasteiger partial charge in [0, 0.05) is 0 Å². The first kappa shape index (κ1) is 12.6. The summed E-state index contributed by atoms with van der Waals surface area (Å²) in [5.41, 5.74) is 2.11. The van der Waals surface area contributed by atoms with Gasteiger partial charge in [-0.1, -0.05) is 43.2 Å². The van der Waals surface area contributed by atoms with E-state index in [1.807, 2.05) is 38.1 Å². The molecule has 1 aliphatic rings. The van der Waals surface area contributed by atoms with Gasteiger partial charge in [0.1, 0.15) is 6.04 Å². The molecule has 1 N–H and O–H groups in total. The largest absolute Gasteiger partial charge is 0.326 e. The fourth-order valence-corrected chi connectivity index (χ4v) is 2.20. The monoisotopic (exact) mass is 246 g/mol. The Kier molecular flexibility index (Phi) is 3.65. The molecule has 0 unspecified atom stereocenters. The molecule has 4 heteroatoms. The maximum absolute atomic E-state index is 12.0. The minimum Gasteiger partial charge on any atom is -0.326 e. The molecule has 2 rings (SSSR count). The summed E-state index contributed by atoms with van der Waals surface area (Å²) in [6.45, 7) is 4.35. The average Bonchev–Trinajstić information content (AvgIpc) is 2.58. The number of hydrogen-bond acceptors (Lipinski definition) is 2. The SMILES string of the molecule is CCC[C@H]1NC(=O)N(Cc2cccc(C)c2)C1=O. The number of benzene rings is 1. The van der Waals surface area contributed by atoms with Crippen LogP contribution in [0, 0.1) is 6.92 Å². The molecule has 96 valence electrons. The van der Waals surface area contributed by atoms with Crippen LogP contribution in [0.5, 0.6) is 0 Å². The quantitative estimate of drug-likeness (QED) is 0.828. The van der Waals surface area contributed by atoms with Crippen molar-refractivity contribution in [2.24, 2.45) is 0 Å². The highest BCUT2D eigenvalue weighted by Crippen LogP contribution is 2.15. The van der Waals surface area contributed by atoms with Crippen molar-refractivity contribution in [2.75, 3.05) is 0 Å². The summed E-state index contributed by atoms with van der Waals surface area (Å²) in [6, 6.07) is 7.24. The number of amides is 3. The molecule has 0 bridgehead atoms. The number of carbonyl (C=O) groups is 2. The normalized spacial score (nSPS) is 19.2. The van der Waals surface area contributed by atoms with Crippen molar-refractivity contribution < 1.29 is 9.59 Å². The maximum atomic E-state index is 12.0. The van der Waals surface area contributed by atoms with E-state index in [0.717, 1.165) is 17.5 Å². The average molecular weight is 246 g/mol. The molecule has 0 saturated carbocycles. The van der Waals surface area contributed by atoms with E-state index in [1.54, 1.807) is 0 Å². The third kappa shape index (κ3) is 2.53. The molecular weight excluding hydrogens is 228 g/mol. The van der Waals surface area contributed by atoms with Crippen LogP contribution in [-0.2, 0) is 11.3 Å². The molecule has 0 spiro atoms. The lowest BCUT2D eigenvalue weighted by atomic mass is 10.1. The Morgan fingerprint density at radius 2 is 2.11 bits per heavy atom. The summed E-state index contributed by atoms with van der Waals surface area (Å²) < 4.78 is 0. The Balaban J connectivity index is 2.10. The molecule has 1 fully saturated rings. The maximum Gasteiger partial charge on any atom is 0.325 e. The number of aryl methyl sites for hydroxylation is 1. The van der Waals surface area contributed by atoms with Crippen LogP contribution < -0.4 is 5.32 Å². The van der Waals surface area contributed by atoms with Crippen molar-refractivity contribution in [2.45, 2.75) is 39.3 Å². The Morgan fingerprint density at radius 1 is 1.33 bits per heavy atom. The number of hydrogen-bond donors (Lipinski definition) is 1. The second kappa shape index (κ2) is 5.21. The molecule has 0 aromatic heterocycles. The van der Waals surface area contributed by atoms with Gasteiger partial charge >= 0.3 is 6.03 Å². The van der Waals surface area contributed by atoms with E-state index >= 15 is 0 Å². The molecule has 0 radical (unpaired) electrons. The molecule has 1 aliphatic heterocycles. The number of imide groups is 1. The number of carbonyl (C=O) groups excluding carboxylic acids is 2. The highest BCUT2D eigenvalue weighted by atomic mass is 16.2. The fourth-order valence-electron chi connectivity index (χ4n) is 2.20. The van der Waals surface area contributed by atoms with Gasteiger partial charge in [0.2, 0.25) is 0 Å². The molecule has 1 atom stereocenters. The van der Waals surface area contributed by atoms with Crippen LogP contribution in [0.15, 0.2) is 24.3 Å². The van der Waals surface area contributed by atoms with E-state index in [4.69, 9.17) is 0 Å². The summed E-state index contributed by atoms with van der Waals surface area (Å²) in [5.74, 6) is -0.108. The van der Waals surface area contributed by atoms with Gasteiger partial charge in [0.15, 0.2) is 0 Å². The lowest BCUT2D eigenvalue weighted by Gasteiger charge is -2.13. The van der Waals surface area contributed by atoms with Crippen LogP contribution in [0.3, 0.4) is 0 Å². The molecule has 1 aromatic carbocycles. The smallest absolute Gasteiger partial charge is 0.325 e. The first-order valence-electron chi connectivity index (χ1n) is 6.29. The molecule has 3 amide bonds. The lowest BCUT2D eigenvalue weighted by molar-refractivity contribution is -0.128. The first-order chi connectivity index (χ1) is 8.61. The van der Waals surface area contributed by atoms with Crippen molar-refractivity contribution in [3.05, 3.63) is 35.4 Å². The van der Waals surface area contributed by atoms with E-state index in [9.17, 15) is 9.59 Å². The molecular formula is C14H18N2O2. The van der Waals surface area contributed by atoms with E-state index in [0.29, 0.717) is 13.0 Å². The number of rotatable bonds is 4. The minimum absolute atomic E-state index is 0.108. The second-order valence-corrected chi connectivity index (χ2v) is 4.70. The standard InChI is InChI=1S/C14H18N2O2/c1-3-5-12-13(17)16(14(18)15-12)9-11-7-4-6-10(2)8-11/h4,6-8,12H,3,5,9H2,1-2H3,(H,15,18)/t12-/m1/s1. The van der Waals surface area contributed by atoms with Gasteiger partial charge in [-0.3, -0.25) is 9.69 Å². The summed E-state index contributed by atoms with van der Waals surface area (Å²) in [7, 11) is 0. The van der Waals surface area contributed by atoms with Gasteiger partial charge in [-0.05, 0) is 18.9 Å². The zero-order chi connectivity index (χ0) is 13.1. The van der Waals surface area contributed by atoms with Crippen LogP contribution in [-0.4, -0.2) is 22.9 Å². The molecule has 1 saturated heterocycles. The number of nitrogens with one attached hydrogen (secondary N) is 1. The zero-order valence-corrected chi connectivity index (χ0v) is 10.8. The summed E-state index contributed by atoms with van der Waals surface area (Å²) in [5, 5.41) is 2.73. The minimum atomic E-state index is -0.340. The molecule has 18 heavy (non-hydrogen) atoms. The fraction of sp³-hybridized carbons (Fsp3) is 0.429. The molecule has 1 aromatic rings. The predicted molar refractivity (Wildman–Crippen MR) is 69.0 cm³/mol. The van der Waals surface area contributed by atoms with Crippen molar-refractivity contribution in [3.8, 4) is 0 Å². The van der Waals surface area contributed by atoms with Crippen LogP contribution in [0.1, 0.15) is 30.9 Å². The predicted octanol–water partition coefficient (Wildman–Crippen LogP) is 2.22. The zero-order valence-electron chi connectivity index (χ0n) is 10.8. The third-order valence-electron chi connectivity index (χ3n) is 3.11. The van der Waals surface area contributed by atoms with Crippen molar-refractivity contribution >= 4 is 11.9 Å². The Bertz CT molecular complexity index is 471. The Labute approximate surface area is 107 Å². The van der Waals surface area contributed by atoms with Crippen molar-refractivity contribution in [1.29, 1.82) is 0 Å². The Morgan fingerprint density at radius 3 is 2.78 bits per heavy atom. The Hall–Kier alpha value is -1.84. The van der Waals surface area contributed by atoms with Crippen molar-refractivity contribution in [1.82, 2.24) is 10.2 Å². The highest BCUT2D eigenvalue weighted by molar-refractivity contribution is 6.04. The van der Waals surface area contributed by atoms with E-state index in [-0.39, 0.29) is 18.0 Å². The summed E-state index contributed by atoms with van der Waals surface area (Å²) >= 11 is 0. The summed E-state index contributed by atoms with van der Waals surface area (Å²) in [6.07, 6.45) is 1.59. The van der Waals surface area contributed by atoms with E-state index in [1.165, 1.54) is 4.90 Å². The van der Waals surface area contributed by atoms with Crippen molar-refractivity contribution in [3.63, 3.8) is 0 Å².